The lowest BCUT2D eigenvalue weighted by Crippen LogP contribution is -2.41. The van der Waals surface area contributed by atoms with E-state index in [1.807, 2.05) is 37.3 Å². The van der Waals surface area contributed by atoms with Crippen LogP contribution in [0.5, 0.6) is 11.6 Å². The van der Waals surface area contributed by atoms with E-state index in [0.29, 0.717) is 23.0 Å². The average Bonchev–Trinajstić information content (AvgIpc) is 2.88. The van der Waals surface area contributed by atoms with Crippen LogP contribution in [0.25, 0.3) is 0 Å². The number of amides is 2. The molecule has 4 rings (SSSR count). The highest BCUT2D eigenvalue weighted by atomic mass is 35.5. The highest BCUT2D eigenvalue weighted by Gasteiger charge is 2.30. The van der Waals surface area contributed by atoms with Crippen LogP contribution in [0.4, 0.5) is 5.69 Å². The lowest BCUT2D eigenvalue weighted by Gasteiger charge is -2.22. The molecular weight excluding hydrogens is 402 g/mol. The number of aromatic nitrogens is 1. The fourth-order valence-corrected chi connectivity index (χ4v) is 3.47. The van der Waals surface area contributed by atoms with Gasteiger partial charge in [0.25, 0.3) is 5.91 Å². The number of hydrogen-bond donors (Lipinski definition) is 1. The van der Waals surface area contributed by atoms with Crippen molar-refractivity contribution < 1.29 is 14.3 Å². The highest BCUT2D eigenvalue weighted by Crippen LogP contribution is 2.39. The number of carbonyl (C=O) groups excluding carboxylic acids is 2. The molecule has 1 aliphatic rings. The molecule has 3 aromatic rings. The fourth-order valence-electron chi connectivity index (χ4n) is 3.30. The normalized spacial score (nSPS) is 13.5. The van der Waals surface area contributed by atoms with Crippen LogP contribution in [-0.2, 0) is 4.79 Å². The predicted molar refractivity (Wildman–Crippen MR) is 115 cm³/mol. The van der Waals surface area contributed by atoms with Crippen molar-refractivity contribution in [1.82, 2.24) is 10.3 Å². The minimum atomic E-state index is -0.370. The molecule has 0 bridgehead atoms. The Morgan fingerprint density at radius 3 is 2.77 bits per heavy atom. The van der Waals surface area contributed by atoms with E-state index in [2.05, 4.69) is 10.3 Å². The van der Waals surface area contributed by atoms with Crippen molar-refractivity contribution in [3.63, 3.8) is 0 Å². The molecule has 6 nitrogen and oxygen atoms in total. The summed E-state index contributed by atoms with van der Waals surface area (Å²) in [5.74, 6) is 0.113. The molecule has 1 aliphatic heterocycles. The van der Waals surface area contributed by atoms with Gasteiger partial charge in [-0.15, -0.1) is 0 Å². The van der Waals surface area contributed by atoms with Gasteiger partial charge < -0.3 is 10.1 Å². The molecule has 1 aromatic heterocycles. The third kappa shape index (κ3) is 4.14. The number of ether oxygens (including phenoxy) is 1. The van der Waals surface area contributed by atoms with Gasteiger partial charge in [0, 0.05) is 17.8 Å². The Kier molecular flexibility index (Phi) is 5.68. The quantitative estimate of drug-likeness (QED) is 0.662. The van der Waals surface area contributed by atoms with Crippen molar-refractivity contribution in [3.05, 3.63) is 83.0 Å². The number of anilines is 1. The van der Waals surface area contributed by atoms with Crippen LogP contribution >= 0.6 is 11.6 Å². The highest BCUT2D eigenvalue weighted by molar-refractivity contribution is 6.31. The van der Waals surface area contributed by atoms with Gasteiger partial charge >= 0.3 is 0 Å². The second-order valence-corrected chi connectivity index (χ2v) is 7.51. The second-order valence-electron chi connectivity index (χ2n) is 7.08. The summed E-state index contributed by atoms with van der Waals surface area (Å²) in [7, 11) is 0. The molecule has 0 saturated carbocycles. The Balaban J connectivity index is 1.55. The van der Waals surface area contributed by atoms with E-state index in [4.69, 9.17) is 16.3 Å². The zero-order chi connectivity index (χ0) is 21.1. The molecule has 0 radical (unpaired) electrons. The monoisotopic (exact) mass is 421 g/mol. The van der Waals surface area contributed by atoms with E-state index in [1.165, 1.54) is 4.90 Å². The lowest BCUT2D eigenvalue weighted by atomic mass is 10.0. The number of halogens is 1. The number of hydrogen-bond acceptors (Lipinski definition) is 4. The largest absolute Gasteiger partial charge is 0.436 e. The number of nitrogens with one attached hydrogen (secondary N) is 1. The van der Waals surface area contributed by atoms with Crippen molar-refractivity contribution in [3.8, 4) is 11.6 Å². The molecule has 1 atom stereocenters. The molecule has 0 spiro atoms. The smallest absolute Gasteiger partial charge is 0.264 e. The van der Waals surface area contributed by atoms with Crippen LogP contribution in [0.1, 0.15) is 28.8 Å². The van der Waals surface area contributed by atoms with Crippen molar-refractivity contribution in [1.29, 1.82) is 0 Å². The lowest BCUT2D eigenvalue weighted by molar-refractivity contribution is -0.119. The molecule has 30 heavy (non-hydrogen) atoms. The third-order valence-electron chi connectivity index (χ3n) is 4.94. The molecule has 1 N–H and O–H groups in total. The van der Waals surface area contributed by atoms with E-state index in [-0.39, 0.29) is 35.7 Å². The second kappa shape index (κ2) is 8.55. The summed E-state index contributed by atoms with van der Waals surface area (Å²) in [6.45, 7) is 2.34. The Labute approximate surface area is 179 Å². The molecule has 0 fully saturated rings. The van der Waals surface area contributed by atoms with E-state index >= 15 is 0 Å². The van der Waals surface area contributed by atoms with E-state index < -0.39 is 0 Å². The molecule has 2 heterocycles. The molecule has 2 aromatic carbocycles. The first kappa shape index (κ1) is 19.9. The number of rotatable bonds is 5. The summed E-state index contributed by atoms with van der Waals surface area (Å²) in [6, 6.07) is 18.2. The Morgan fingerprint density at radius 2 is 1.97 bits per heavy atom. The first-order valence-electron chi connectivity index (χ1n) is 9.59. The first-order valence-corrected chi connectivity index (χ1v) is 9.96. The standard InChI is InChI=1S/C23H20ClN3O3/c1-15(16-6-3-2-4-7-16)13-26-21(28)14-27-19-12-17(24)9-10-20(19)30-22-18(23(27)29)8-5-11-25-22/h2-12,15H,13-14H2,1H3,(H,26,28)/t15-/m1/s1. The van der Waals surface area contributed by atoms with Gasteiger partial charge in [-0.05, 0) is 41.8 Å². The number of benzene rings is 2. The summed E-state index contributed by atoms with van der Waals surface area (Å²) in [5.41, 5.74) is 1.85. The summed E-state index contributed by atoms with van der Waals surface area (Å²) >= 11 is 6.15. The zero-order valence-corrected chi connectivity index (χ0v) is 17.1. The van der Waals surface area contributed by atoms with Crippen LogP contribution in [0.3, 0.4) is 0 Å². The summed E-state index contributed by atoms with van der Waals surface area (Å²) in [6.07, 6.45) is 1.55. The van der Waals surface area contributed by atoms with E-state index in [9.17, 15) is 9.59 Å². The van der Waals surface area contributed by atoms with Crippen LogP contribution in [0.2, 0.25) is 5.02 Å². The minimum Gasteiger partial charge on any atom is -0.436 e. The minimum absolute atomic E-state index is 0.143. The van der Waals surface area contributed by atoms with Crippen LogP contribution in [-0.4, -0.2) is 29.9 Å². The van der Waals surface area contributed by atoms with E-state index in [1.54, 1.807) is 36.5 Å². The van der Waals surface area contributed by atoms with Crippen molar-refractivity contribution >= 4 is 29.1 Å². The van der Waals surface area contributed by atoms with Gasteiger partial charge in [0.1, 0.15) is 12.1 Å². The summed E-state index contributed by atoms with van der Waals surface area (Å²) < 4.78 is 5.83. The first-order chi connectivity index (χ1) is 14.5. The van der Waals surface area contributed by atoms with Gasteiger partial charge in [0.05, 0.1) is 5.69 Å². The maximum Gasteiger partial charge on any atom is 0.264 e. The maximum absolute atomic E-state index is 13.2. The molecule has 152 valence electrons. The zero-order valence-electron chi connectivity index (χ0n) is 16.3. The van der Waals surface area contributed by atoms with E-state index in [0.717, 1.165) is 5.56 Å². The van der Waals surface area contributed by atoms with Crippen molar-refractivity contribution in [2.75, 3.05) is 18.0 Å². The van der Waals surface area contributed by atoms with Gasteiger partial charge in [-0.1, -0.05) is 48.9 Å². The van der Waals surface area contributed by atoms with Crippen LogP contribution in [0.15, 0.2) is 66.9 Å². The predicted octanol–water partition coefficient (Wildman–Crippen LogP) is 4.41. The van der Waals surface area contributed by atoms with Crippen LogP contribution in [0, 0.1) is 0 Å². The third-order valence-corrected chi connectivity index (χ3v) is 5.18. The Morgan fingerprint density at radius 1 is 1.17 bits per heavy atom. The number of pyridine rings is 1. The summed E-state index contributed by atoms with van der Waals surface area (Å²) in [5, 5.41) is 3.35. The van der Waals surface area contributed by atoms with Gasteiger partial charge in [-0.3, -0.25) is 14.5 Å². The van der Waals surface area contributed by atoms with Crippen molar-refractivity contribution in [2.24, 2.45) is 0 Å². The van der Waals surface area contributed by atoms with Crippen molar-refractivity contribution in [2.45, 2.75) is 12.8 Å². The van der Waals surface area contributed by atoms with Gasteiger partial charge in [0.15, 0.2) is 5.75 Å². The molecule has 7 heteroatoms. The maximum atomic E-state index is 13.2. The number of nitrogens with zero attached hydrogens (tertiary/aromatic N) is 2. The fraction of sp³-hybridized carbons (Fsp3) is 0.174. The summed E-state index contributed by atoms with van der Waals surface area (Å²) in [4.78, 5) is 31.4. The average molecular weight is 422 g/mol. The van der Waals surface area contributed by atoms with Gasteiger partial charge in [0.2, 0.25) is 11.8 Å². The topological polar surface area (TPSA) is 71.5 Å². The molecule has 2 amide bonds. The Hall–Kier alpha value is -3.38. The van der Waals surface area contributed by atoms with Gasteiger partial charge in [-0.2, -0.15) is 0 Å². The molecular formula is C23H20ClN3O3. The molecule has 0 unspecified atom stereocenters. The number of carbonyl (C=O) groups is 2. The molecule has 0 aliphatic carbocycles. The number of fused-ring (bicyclic) bond motifs is 2. The van der Waals surface area contributed by atoms with Crippen LogP contribution < -0.4 is 15.0 Å². The van der Waals surface area contributed by atoms with Gasteiger partial charge in [-0.25, -0.2) is 4.98 Å². The SMILES string of the molecule is C[C@H](CNC(=O)CN1C(=O)c2cccnc2Oc2ccc(Cl)cc21)c1ccccc1. The molecule has 0 saturated heterocycles. The Bertz CT molecular complexity index is 1090.